The predicted molar refractivity (Wildman–Crippen MR) is 62.5 cm³/mol. The van der Waals surface area contributed by atoms with E-state index in [9.17, 15) is 4.79 Å². The van der Waals surface area contributed by atoms with Crippen molar-refractivity contribution in [3.8, 4) is 0 Å². The third-order valence-electron chi connectivity index (χ3n) is 2.10. The van der Waals surface area contributed by atoms with Crippen molar-refractivity contribution >= 4 is 28.9 Å². The minimum absolute atomic E-state index is 0.288. The summed E-state index contributed by atoms with van der Waals surface area (Å²) in [6.07, 6.45) is 0.647. The zero-order valence-electron chi connectivity index (χ0n) is 8.50. The zero-order chi connectivity index (χ0) is 11.3. The fourth-order valence-corrected chi connectivity index (χ4v) is 2.16. The number of nitrogens with one attached hydrogen (secondary N) is 1. The molecule has 1 heterocycles. The van der Waals surface area contributed by atoms with E-state index in [1.54, 1.807) is 6.92 Å². The van der Waals surface area contributed by atoms with Crippen LogP contribution in [-0.2, 0) is 11.3 Å². The van der Waals surface area contributed by atoms with Crippen LogP contribution in [0.2, 0.25) is 4.34 Å². The van der Waals surface area contributed by atoms with E-state index in [4.69, 9.17) is 16.7 Å². The van der Waals surface area contributed by atoms with Crippen molar-refractivity contribution in [1.82, 2.24) is 5.32 Å². The highest BCUT2D eigenvalue weighted by Crippen LogP contribution is 2.20. The topological polar surface area (TPSA) is 49.3 Å². The molecule has 1 aromatic rings. The normalized spacial score (nSPS) is 12.7. The molecule has 3 nitrogen and oxygen atoms in total. The van der Waals surface area contributed by atoms with Crippen LogP contribution in [0.1, 0.15) is 18.2 Å². The molecule has 0 aromatic carbocycles. The van der Waals surface area contributed by atoms with Gasteiger partial charge in [-0.2, -0.15) is 0 Å². The molecule has 1 unspecified atom stereocenters. The van der Waals surface area contributed by atoms with Gasteiger partial charge < -0.3 is 10.4 Å². The third kappa shape index (κ3) is 4.64. The molecular formula is C10H14ClNO2S. The van der Waals surface area contributed by atoms with Gasteiger partial charge in [0.25, 0.3) is 0 Å². The van der Waals surface area contributed by atoms with E-state index in [-0.39, 0.29) is 5.92 Å². The molecule has 2 N–H and O–H groups in total. The molecule has 5 heteroatoms. The smallest absolute Gasteiger partial charge is 0.306 e. The number of halogens is 1. The van der Waals surface area contributed by atoms with Gasteiger partial charge in [0, 0.05) is 11.4 Å². The molecule has 0 aliphatic heterocycles. The molecular weight excluding hydrogens is 234 g/mol. The van der Waals surface area contributed by atoms with Crippen LogP contribution in [0.25, 0.3) is 0 Å². The van der Waals surface area contributed by atoms with Gasteiger partial charge in [-0.1, -0.05) is 18.5 Å². The lowest BCUT2D eigenvalue weighted by Crippen LogP contribution is -2.19. The highest BCUT2D eigenvalue weighted by Gasteiger charge is 2.09. The second kappa shape index (κ2) is 6.10. The number of carboxylic acid groups (broad SMARTS) is 1. The molecule has 0 aliphatic carbocycles. The number of hydrogen-bond donors (Lipinski definition) is 2. The first-order valence-corrected chi connectivity index (χ1v) is 5.97. The Labute approximate surface area is 98.1 Å². The Kier molecular flexibility index (Phi) is 5.08. The Morgan fingerprint density at radius 1 is 1.67 bits per heavy atom. The van der Waals surface area contributed by atoms with Crippen molar-refractivity contribution in [3.05, 3.63) is 21.3 Å². The van der Waals surface area contributed by atoms with Gasteiger partial charge in [-0.3, -0.25) is 4.79 Å². The predicted octanol–water partition coefficient (Wildman–Crippen LogP) is 2.60. The Balaban J connectivity index is 2.14. The minimum atomic E-state index is -0.740. The highest BCUT2D eigenvalue weighted by molar-refractivity contribution is 7.16. The fourth-order valence-electron chi connectivity index (χ4n) is 1.10. The average Bonchev–Trinajstić information content (AvgIpc) is 2.58. The number of rotatable bonds is 6. The Morgan fingerprint density at radius 3 is 2.93 bits per heavy atom. The van der Waals surface area contributed by atoms with E-state index in [0.29, 0.717) is 13.0 Å². The van der Waals surface area contributed by atoms with Crippen molar-refractivity contribution in [1.29, 1.82) is 0 Å². The number of carbonyl (C=O) groups is 1. The van der Waals surface area contributed by atoms with E-state index >= 15 is 0 Å². The first kappa shape index (κ1) is 12.5. The summed E-state index contributed by atoms with van der Waals surface area (Å²) in [5, 5.41) is 11.8. The number of hydrogen-bond acceptors (Lipinski definition) is 3. The molecule has 84 valence electrons. The Hall–Kier alpha value is -0.580. The lowest BCUT2D eigenvalue weighted by atomic mass is 10.1. The Bertz CT molecular complexity index is 327. The molecule has 0 bridgehead atoms. The summed E-state index contributed by atoms with van der Waals surface area (Å²) < 4.78 is 0.783. The van der Waals surface area contributed by atoms with E-state index in [2.05, 4.69) is 5.32 Å². The van der Waals surface area contributed by atoms with Crippen LogP contribution in [0, 0.1) is 5.92 Å². The quantitative estimate of drug-likeness (QED) is 0.760. The molecule has 15 heavy (non-hydrogen) atoms. The van der Waals surface area contributed by atoms with Gasteiger partial charge in [-0.15, -0.1) is 11.3 Å². The van der Waals surface area contributed by atoms with Gasteiger partial charge in [0.15, 0.2) is 0 Å². The van der Waals surface area contributed by atoms with Gasteiger partial charge in [0.05, 0.1) is 10.3 Å². The van der Waals surface area contributed by atoms with E-state index in [1.165, 1.54) is 16.2 Å². The van der Waals surface area contributed by atoms with Gasteiger partial charge in [0.2, 0.25) is 0 Å². The van der Waals surface area contributed by atoms with Crippen LogP contribution in [-0.4, -0.2) is 17.6 Å². The number of thiophene rings is 1. The van der Waals surface area contributed by atoms with E-state index in [1.807, 2.05) is 12.1 Å². The molecule has 0 fully saturated rings. The van der Waals surface area contributed by atoms with Gasteiger partial charge >= 0.3 is 5.97 Å². The summed E-state index contributed by atoms with van der Waals surface area (Å²) in [6.45, 7) is 3.18. The number of carboxylic acids is 1. The minimum Gasteiger partial charge on any atom is -0.481 e. The zero-order valence-corrected chi connectivity index (χ0v) is 10.1. The second-order valence-electron chi connectivity index (χ2n) is 3.41. The maximum atomic E-state index is 10.5. The first-order chi connectivity index (χ1) is 7.09. The van der Waals surface area contributed by atoms with Crippen LogP contribution >= 0.6 is 22.9 Å². The van der Waals surface area contributed by atoms with E-state index < -0.39 is 5.97 Å². The van der Waals surface area contributed by atoms with Crippen LogP contribution in [0.5, 0.6) is 0 Å². The van der Waals surface area contributed by atoms with Crippen LogP contribution in [0.15, 0.2) is 12.1 Å². The molecule has 0 radical (unpaired) electrons. The highest BCUT2D eigenvalue weighted by atomic mass is 35.5. The molecule has 1 atom stereocenters. The van der Waals surface area contributed by atoms with Gasteiger partial charge in [-0.05, 0) is 25.1 Å². The molecule has 0 aliphatic rings. The summed E-state index contributed by atoms with van der Waals surface area (Å²) in [5.74, 6) is -1.03. The van der Waals surface area contributed by atoms with Crippen molar-refractivity contribution in [2.24, 2.45) is 5.92 Å². The molecule has 0 spiro atoms. The molecule has 0 saturated carbocycles. The lowest BCUT2D eigenvalue weighted by Gasteiger charge is -2.06. The van der Waals surface area contributed by atoms with Crippen LogP contribution in [0.4, 0.5) is 0 Å². The summed E-state index contributed by atoms with van der Waals surface area (Å²) in [7, 11) is 0. The maximum absolute atomic E-state index is 10.5. The lowest BCUT2D eigenvalue weighted by molar-refractivity contribution is -0.141. The summed E-state index contributed by atoms with van der Waals surface area (Å²) in [4.78, 5) is 11.7. The van der Waals surface area contributed by atoms with E-state index in [0.717, 1.165) is 10.9 Å². The van der Waals surface area contributed by atoms with Crippen LogP contribution < -0.4 is 5.32 Å². The second-order valence-corrected chi connectivity index (χ2v) is 5.21. The monoisotopic (exact) mass is 247 g/mol. The average molecular weight is 248 g/mol. The molecule has 1 rings (SSSR count). The number of aliphatic carboxylic acids is 1. The largest absolute Gasteiger partial charge is 0.481 e. The van der Waals surface area contributed by atoms with Gasteiger partial charge in [-0.25, -0.2) is 0 Å². The molecule has 0 amide bonds. The van der Waals surface area contributed by atoms with Crippen molar-refractivity contribution in [3.63, 3.8) is 0 Å². The molecule has 1 aromatic heterocycles. The SMILES string of the molecule is CC(CCNCc1ccc(Cl)s1)C(=O)O. The summed E-state index contributed by atoms with van der Waals surface area (Å²) >= 11 is 7.32. The van der Waals surface area contributed by atoms with Crippen molar-refractivity contribution in [2.75, 3.05) is 6.54 Å². The third-order valence-corrected chi connectivity index (χ3v) is 3.33. The fraction of sp³-hybridized carbons (Fsp3) is 0.500. The van der Waals surface area contributed by atoms with Crippen molar-refractivity contribution in [2.45, 2.75) is 19.9 Å². The van der Waals surface area contributed by atoms with Crippen molar-refractivity contribution < 1.29 is 9.90 Å². The maximum Gasteiger partial charge on any atom is 0.306 e. The van der Waals surface area contributed by atoms with Crippen LogP contribution in [0.3, 0.4) is 0 Å². The first-order valence-electron chi connectivity index (χ1n) is 4.77. The molecule has 0 saturated heterocycles. The standard InChI is InChI=1S/C10H14ClNO2S/c1-7(10(13)14)4-5-12-6-8-2-3-9(11)15-8/h2-3,7,12H,4-6H2,1H3,(H,13,14). The Morgan fingerprint density at radius 2 is 2.40 bits per heavy atom. The van der Waals surface area contributed by atoms with Gasteiger partial charge in [0.1, 0.15) is 0 Å². The summed E-state index contributed by atoms with van der Waals surface area (Å²) in [6, 6.07) is 3.84. The summed E-state index contributed by atoms with van der Waals surface area (Å²) in [5.41, 5.74) is 0.